The molecule has 4 aromatic rings. The number of aromatic nitrogens is 4. The summed E-state index contributed by atoms with van der Waals surface area (Å²) in [5.74, 6) is 1.16. The van der Waals surface area contributed by atoms with E-state index in [9.17, 15) is 4.79 Å². The Bertz CT molecular complexity index is 1170. The average molecular weight is 373 g/mol. The summed E-state index contributed by atoms with van der Waals surface area (Å²) in [6, 6.07) is 11.2. The molecule has 1 aliphatic heterocycles. The average Bonchev–Trinajstić information content (AvgIpc) is 3.39. The Morgan fingerprint density at radius 3 is 2.93 bits per heavy atom. The quantitative estimate of drug-likeness (QED) is 0.591. The third-order valence-corrected chi connectivity index (χ3v) is 4.49. The fraction of sp³-hybridized carbons (Fsp3) is 0.100. The maximum absolute atomic E-state index is 12.6. The van der Waals surface area contributed by atoms with Gasteiger partial charge in [0.05, 0.1) is 11.9 Å². The Morgan fingerprint density at radius 2 is 2.04 bits per heavy atom. The minimum atomic E-state index is -0.241. The van der Waals surface area contributed by atoms with Crippen molar-refractivity contribution in [3.8, 4) is 22.8 Å². The predicted octanol–water partition coefficient (Wildman–Crippen LogP) is 2.45. The van der Waals surface area contributed by atoms with E-state index >= 15 is 0 Å². The van der Waals surface area contributed by atoms with E-state index in [1.54, 1.807) is 23.1 Å². The van der Waals surface area contributed by atoms with E-state index in [4.69, 9.17) is 9.47 Å². The molecule has 0 spiro atoms. The molecule has 138 valence electrons. The summed E-state index contributed by atoms with van der Waals surface area (Å²) in [6.07, 6.45) is 6.59. The van der Waals surface area contributed by atoms with Crippen LogP contribution in [0.5, 0.6) is 11.5 Å². The summed E-state index contributed by atoms with van der Waals surface area (Å²) < 4.78 is 12.5. The molecule has 0 fully saturated rings. The molecule has 28 heavy (non-hydrogen) atoms. The van der Waals surface area contributed by atoms with Gasteiger partial charge in [0, 0.05) is 30.7 Å². The molecule has 1 aliphatic rings. The smallest absolute Gasteiger partial charge is 0.257 e. The third kappa shape index (κ3) is 2.81. The van der Waals surface area contributed by atoms with Crippen molar-refractivity contribution in [2.24, 2.45) is 0 Å². The molecule has 8 heteroatoms. The lowest BCUT2D eigenvalue weighted by atomic mass is 10.1. The number of carbonyl (C=O) groups excluding carboxylic acids is 1. The molecule has 0 aliphatic carbocycles. The Hall–Kier alpha value is -3.94. The van der Waals surface area contributed by atoms with Crippen LogP contribution in [0, 0.1) is 0 Å². The summed E-state index contributed by atoms with van der Waals surface area (Å²) in [5.41, 5.74) is 3.50. The van der Waals surface area contributed by atoms with Crippen LogP contribution in [0.2, 0.25) is 0 Å². The highest BCUT2D eigenvalue weighted by molar-refractivity contribution is 5.99. The first-order valence-corrected chi connectivity index (χ1v) is 8.69. The van der Waals surface area contributed by atoms with Crippen LogP contribution < -0.4 is 14.8 Å². The van der Waals surface area contributed by atoms with Gasteiger partial charge in [-0.15, -0.1) is 0 Å². The standard InChI is InChI=1S/C20H15N5O3/c26-20(23-10-13-2-1-6-21-9-13)15-11-24-25-16(5-7-22-19(15)25)14-3-4-17-18(8-14)28-12-27-17/h1-9,11H,10,12H2,(H,23,26). The predicted molar refractivity (Wildman–Crippen MR) is 100.0 cm³/mol. The zero-order valence-corrected chi connectivity index (χ0v) is 14.7. The van der Waals surface area contributed by atoms with E-state index in [0.717, 1.165) is 16.8 Å². The van der Waals surface area contributed by atoms with Crippen molar-refractivity contribution in [3.05, 3.63) is 72.3 Å². The molecule has 4 heterocycles. The van der Waals surface area contributed by atoms with Crippen molar-refractivity contribution >= 4 is 11.6 Å². The number of carbonyl (C=O) groups is 1. The van der Waals surface area contributed by atoms with Crippen molar-refractivity contribution in [1.82, 2.24) is 24.9 Å². The van der Waals surface area contributed by atoms with Crippen LogP contribution in [0.3, 0.4) is 0 Å². The fourth-order valence-corrected chi connectivity index (χ4v) is 3.11. The summed E-state index contributed by atoms with van der Waals surface area (Å²) >= 11 is 0. The second-order valence-corrected chi connectivity index (χ2v) is 6.24. The maximum atomic E-state index is 12.6. The van der Waals surface area contributed by atoms with Crippen LogP contribution in [0.4, 0.5) is 0 Å². The normalized spacial score (nSPS) is 12.3. The largest absolute Gasteiger partial charge is 0.454 e. The second-order valence-electron chi connectivity index (χ2n) is 6.24. The van der Waals surface area contributed by atoms with Crippen LogP contribution in [0.1, 0.15) is 15.9 Å². The summed E-state index contributed by atoms with van der Waals surface area (Å²) in [6.45, 7) is 0.597. The lowest BCUT2D eigenvalue weighted by molar-refractivity contribution is 0.0952. The molecular weight excluding hydrogens is 358 g/mol. The van der Waals surface area contributed by atoms with Gasteiger partial charge in [-0.1, -0.05) is 6.07 Å². The number of nitrogens with zero attached hydrogens (tertiary/aromatic N) is 4. The molecule has 1 amide bonds. The van der Waals surface area contributed by atoms with Crippen LogP contribution in [-0.2, 0) is 6.54 Å². The molecule has 0 atom stereocenters. The van der Waals surface area contributed by atoms with Gasteiger partial charge in [0.15, 0.2) is 17.1 Å². The van der Waals surface area contributed by atoms with Gasteiger partial charge < -0.3 is 14.8 Å². The molecule has 5 rings (SSSR count). The lowest BCUT2D eigenvalue weighted by Gasteiger charge is -2.07. The first kappa shape index (κ1) is 16.2. The third-order valence-electron chi connectivity index (χ3n) is 4.49. The fourth-order valence-electron chi connectivity index (χ4n) is 3.11. The zero-order chi connectivity index (χ0) is 18.9. The molecule has 3 aromatic heterocycles. The van der Waals surface area contributed by atoms with Gasteiger partial charge in [-0.05, 0) is 35.9 Å². The second kappa shape index (κ2) is 6.66. The number of nitrogens with one attached hydrogen (secondary N) is 1. The van der Waals surface area contributed by atoms with E-state index in [1.807, 2.05) is 36.4 Å². The Balaban J connectivity index is 1.46. The summed E-state index contributed by atoms with van der Waals surface area (Å²) in [7, 11) is 0. The number of pyridine rings is 1. The molecule has 0 saturated heterocycles. The first-order chi connectivity index (χ1) is 13.8. The van der Waals surface area contributed by atoms with Crippen LogP contribution in [-0.4, -0.2) is 32.3 Å². The van der Waals surface area contributed by atoms with E-state index in [-0.39, 0.29) is 12.7 Å². The highest BCUT2D eigenvalue weighted by Crippen LogP contribution is 2.35. The molecule has 0 unspecified atom stereocenters. The molecule has 8 nitrogen and oxygen atoms in total. The number of ether oxygens (including phenoxy) is 2. The van der Waals surface area contributed by atoms with Gasteiger partial charge in [0.1, 0.15) is 5.56 Å². The zero-order valence-electron chi connectivity index (χ0n) is 14.7. The van der Waals surface area contributed by atoms with E-state index < -0.39 is 0 Å². The lowest BCUT2D eigenvalue weighted by Crippen LogP contribution is -2.22. The Kier molecular flexibility index (Phi) is 3.86. The molecule has 1 N–H and O–H groups in total. The maximum Gasteiger partial charge on any atom is 0.257 e. The molecule has 1 aromatic carbocycles. The monoisotopic (exact) mass is 373 g/mol. The SMILES string of the molecule is O=C(NCc1cccnc1)c1cnn2c(-c3ccc4c(c3)OCO4)ccnc12. The highest BCUT2D eigenvalue weighted by atomic mass is 16.7. The van der Waals surface area contributed by atoms with Gasteiger partial charge in [0.2, 0.25) is 6.79 Å². The van der Waals surface area contributed by atoms with Crippen molar-refractivity contribution in [2.75, 3.05) is 6.79 Å². The van der Waals surface area contributed by atoms with Gasteiger partial charge in [0.25, 0.3) is 5.91 Å². The summed E-state index contributed by atoms with van der Waals surface area (Å²) in [4.78, 5) is 21.0. The Labute approximate surface area is 159 Å². The van der Waals surface area contributed by atoms with E-state index in [2.05, 4.69) is 20.4 Å². The van der Waals surface area contributed by atoms with Gasteiger partial charge in [-0.25, -0.2) is 9.50 Å². The summed E-state index contributed by atoms with van der Waals surface area (Å²) in [5, 5.41) is 7.25. The van der Waals surface area contributed by atoms with Crippen LogP contribution >= 0.6 is 0 Å². The molecule has 0 bridgehead atoms. The number of hydrogen-bond acceptors (Lipinski definition) is 6. The number of amides is 1. The van der Waals surface area contributed by atoms with Gasteiger partial charge in [-0.3, -0.25) is 9.78 Å². The van der Waals surface area contributed by atoms with Crippen LogP contribution in [0.25, 0.3) is 16.9 Å². The molecule has 0 saturated carbocycles. The van der Waals surface area contributed by atoms with Gasteiger partial charge >= 0.3 is 0 Å². The number of benzene rings is 1. The minimum Gasteiger partial charge on any atom is -0.454 e. The van der Waals surface area contributed by atoms with Crippen molar-refractivity contribution in [2.45, 2.75) is 6.54 Å². The van der Waals surface area contributed by atoms with Crippen LogP contribution in [0.15, 0.2) is 61.2 Å². The van der Waals surface area contributed by atoms with E-state index in [0.29, 0.717) is 29.3 Å². The van der Waals surface area contributed by atoms with Gasteiger partial charge in [-0.2, -0.15) is 5.10 Å². The topological polar surface area (TPSA) is 90.6 Å². The Morgan fingerprint density at radius 1 is 1.11 bits per heavy atom. The highest BCUT2D eigenvalue weighted by Gasteiger charge is 2.18. The van der Waals surface area contributed by atoms with Crippen molar-refractivity contribution in [1.29, 1.82) is 0 Å². The number of fused-ring (bicyclic) bond motifs is 2. The van der Waals surface area contributed by atoms with E-state index in [1.165, 1.54) is 6.20 Å². The first-order valence-electron chi connectivity index (χ1n) is 8.69. The number of hydrogen-bond donors (Lipinski definition) is 1. The minimum absolute atomic E-state index is 0.216. The van der Waals surface area contributed by atoms with Crippen molar-refractivity contribution in [3.63, 3.8) is 0 Å². The number of rotatable bonds is 4. The molecular formula is C20H15N5O3. The van der Waals surface area contributed by atoms with Crippen molar-refractivity contribution < 1.29 is 14.3 Å². The molecule has 0 radical (unpaired) electrons.